The molecule has 0 atom stereocenters. The predicted molar refractivity (Wildman–Crippen MR) is 112 cm³/mol. The highest BCUT2D eigenvalue weighted by Gasteiger charge is 2.15. The Bertz CT molecular complexity index is 1110. The Hall–Kier alpha value is -3.44. The fraction of sp³-hybridized carbons (Fsp3) is 0.0870. The minimum Gasteiger partial charge on any atom is -0.478 e. The van der Waals surface area contributed by atoms with Crippen LogP contribution in [0.1, 0.15) is 47.9 Å². The Kier molecular flexibility index (Phi) is 6.10. The molecule has 1 heterocycles. The number of aryl methyl sites for hydroxylation is 1. The number of carboxylic acid groups (broad SMARTS) is 1. The molecule has 0 aliphatic carbocycles. The third-order valence-electron chi connectivity index (χ3n) is 4.45. The van der Waals surface area contributed by atoms with Crippen molar-refractivity contribution in [2.75, 3.05) is 0 Å². The van der Waals surface area contributed by atoms with E-state index in [1.54, 1.807) is 53.2 Å². The molecular weight excluding hydrogens is 390 g/mol. The van der Waals surface area contributed by atoms with Gasteiger partial charge in [-0.25, -0.2) is 4.79 Å². The molecular formula is C23H18ClNO4. The third kappa shape index (κ3) is 4.70. The van der Waals surface area contributed by atoms with Crippen LogP contribution < -0.4 is 0 Å². The van der Waals surface area contributed by atoms with Gasteiger partial charge in [-0.2, -0.15) is 0 Å². The first-order chi connectivity index (χ1) is 13.9. The number of aromatic carboxylic acids is 1. The summed E-state index contributed by atoms with van der Waals surface area (Å²) in [6, 6.07) is 13.4. The Labute approximate surface area is 172 Å². The average Bonchev–Trinajstić information content (AvgIpc) is 3.12. The molecule has 0 spiro atoms. The van der Waals surface area contributed by atoms with Gasteiger partial charge in [0.15, 0.2) is 6.29 Å². The topological polar surface area (TPSA) is 76.4 Å². The van der Waals surface area contributed by atoms with Gasteiger partial charge in [-0.3, -0.25) is 9.59 Å². The quantitative estimate of drug-likeness (QED) is 0.446. The molecule has 29 heavy (non-hydrogen) atoms. The van der Waals surface area contributed by atoms with Crippen molar-refractivity contribution >= 4 is 35.7 Å². The number of carbonyl (C=O) groups is 3. The minimum absolute atomic E-state index is 0.0887. The van der Waals surface area contributed by atoms with Gasteiger partial charge in [0.05, 0.1) is 11.3 Å². The van der Waals surface area contributed by atoms with Crippen LogP contribution in [0.15, 0.2) is 60.8 Å². The summed E-state index contributed by atoms with van der Waals surface area (Å²) in [7, 11) is 0. The molecule has 5 nitrogen and oxygen atoms in total. The Morgan fingerprint density at radius 3 is 2.48 bits per heavy atom. The van der Waals surface area contributed by atoms with Crippen molar-refractivity contribution in [3.63, 3.8) is 0 Å². The van der Waals surface area contributed by atoms with Crippen molar-refractivity contribution in [2.24, 2.45) is 0 Å². The summed E-state index contributed by atoms with van der Waals surface area (Å²) in [5.74, 6) is -1.27. The van der Waals surface area contributed by atoms with E-state index in [2.05, 4.69) is 0 Å². The van der Waals surface area contributed by atoms with Crippen molar-refractivity contribution in [3.05, 3.63) is 99.3 Å². The van der Waals surface area contributed by atoms with Crippen LogP contribution in [0.4, 0.5) is 0 Å². The third-order valence-corrected chi connectivity index (χ3v) is 4.68. The Morgan fingerprint density at radius 1 is 1.10 bits per heavy atom. The summed E-state index contributed by atoms with van der Waals surface area (Å²) in [6.07, 6.45) is 5.67. The lowest BCUT2D eigenvalue weighted by atomic mass is 10.1. The number of aldehydes is 1. The zero-order valence-corrected chi connectivity index (χ0v) is 16.4. The van der Waals surface area contributed by atoms with Crippen molar-refractivity contribution in [3.8, 4) is 0 Å². The second kappa shape index (κ2) is 8.71. The number of hydrogen-bond donors (Lipinski definition) is 1. The second-order valence-electron chi connectivity index (χ2n) is 6.56. The predicted octanol–water partition coefficient (Wildman–Crippen LogP) is 4.91. The molecule has 6 heteroatoms. The zero-order chi connectivity index (χ0) is 21.0. The molecule has 0 saturated heterocycles. The van der Waals surface area contributed by atoms with Crippen LogP contribution in [0.25, 0.3) is 6.08 Å². The normalized spacial score (nSPS) is 11.0. The van der Waals surface area contributed by atoms with Crippen LogP contribution in [0, 0.1) is 6.92 Å². The van der Waals surface area contributed by atoms with Crippen LogP contribution in [0.2, 0.25) is 5.02 Å². The number of rotatable bonds is 7. The maximum Gasteiger partial charge on any atom is 0.336 e. The van der Waals surface area contributed by atoms with E-state index < -0.39 is 5.97 Å². The fourth-order valence-corrected chi connectivity index (χ4v) is 3.12. The number of hydrogen-bond acceptors (Lipinski definition) is 3. The van der Waals surface area contributed by atoms with Gasteiger partial charge in [0.2, 0.25) is 5.78 Å². The number of benzene rings is 2. The number of ketones is 1. The average molecular weight is 408 g/mol. The molecule has 0 unspecified atom stereocenters. The van der Waals surface area contributed by atoms with Crippen molar-refractivity contribution in [1.29, 1.82) is 0 Å². The molecule has 0 bridgehead atoms. The summed E-state index contributed by atoms with van der Waals surface area (Å²) < 4.78 is 1.67. The van der Waals surface area contributed by atoms with E-state index in [0.29, 0.717) is 40.2 Å². The number of carbonyl (C=O) groups excluding carboxylic acids is 2. The maximum atomic E-state index is 12.9. The summed E-state index contributed by atoms with van der Waals surface area (Å²) >= 11 is 5.87. The molecule has 0 aliphatic heterocycles. The lowest BCUT2D eigenvalue weighted by molar-refractivity contribution is 0.0696. The van der Waals surface area contributed by atoms with Crippen molar-refractivity contribution < 1.29 is 19.5 Å². The SMILES string of the molecule is Cc1ccc(C(=O)c2cc(C=O)cn2CC=Cc2ccc(Cl)cc2C(=O)O)cc1. The second-order valence-corrected chi connectivity index (χ2v) is 7.00. The van der Waals surface area contributed by atoms with E-state index in [1.807, 2.05) is 19.1 Å². The Morgan fingerprint density at radius 2 is 1.83 bits per heavy atom. The molecule has 2 aromatic carbocycles. The molecule has 0 amide bonds. The van der Waals surface area contributed by atoms with Crippen molar-refractivity contribution in [2.45, 2.75) is 13.5 Å². The van der Waals surface area contributed by atoms with Gasteiger partial charge >= 0.3 is 5.97 Å². The molecule has 3 aromatic rings. The molecule has 0 radical (unpaired) electrons. The van der Waals surface area contributed by atoms with Gasteiger partial charge in [-0.1, -0.05) is 59.6 Å². The van der Waals surface area contributed by atoms with Gasteiger partial charge in [0.25, 0.3) is 0 Å². The van der Waals surface area contributed by atoms with E-state index in [9.17, 15) is 19.5 Å². The number of nitrogens with zero attached hydrogens (tertiary/aromatic N) is 1. The number of halogens is 1. The maximum absolute atomic E-state index is 12.9. The monoisotopic (exact) mass is 407 g/mol. The van der Waals surface area contributed by atoms with Crippen LogP contribution in [-0.4, -0.2) is 27.7 Å². The van der Waals surface area contributed by atoms with Crippen LogP contribution in [0.3, 0.4) is 0 Å². The van der Waals surface area contributed by atoms with Crippen LogP contribution in [0.5, 0.6) is 0 Å². The van der Waals surface area contributed by atoms with E-state index in [-0.39, 0.29) is 11.3 Å². The fourth-order valence-electron chi connectivity index (χ4n) is 2.94. The van der Waals surface area contributed by atoms with E-state index in [4.69, 9.17) is 11.6 Å². The summed E-state index contributed by atoms with van der Waals surface area (Å²) in [5, 5.41) is 9.66. The Balaban J connectivity index is 1.88. The van der Waals surface area contributed by atoms with E-state index >= 15 is 0 Å². The lowest BCUT2D eigenvalue weighted by Crippen LogP contribution is -2.09. The first-order valence-corrected chi connectivity index (χ1v) is 9.23. The highest BCUT2D eigenvalue weighted by molar-refractivity contribution is 6.31. The number of carboxylic acids is 1. The van der Waals surface area contributed by atoms with Crippen molar-refractivity contribution in [1.82, 2.24) is 4.57 Å². The summed E-state index contributed by atoms with van der Waals surface area (Å²) in [4.78, 5) is 35.5. The number of allylic oxidation sites excluding steroid dienone is 1. The van der Waals surface area contributed by atoms with Gasteiger partial charge in [-0.05, 0) is 30.7 Å². The van der Waals surface area contributed by atoms with Crippen LogP contribution in [-0.2, 0) is 6.54 Å². The summed E-state index contributed by atoms with van der Waals surface area (Å²) in [5.41, 5.74) is 2.94. The molecule has 146 valence electrons. The highest BCUT2D eigenvalue weighted by Crippen LogP contribution is 2.19. The van der Waals surface area contributed by atoms with Gasteiger partial charge in [-0.15, -0.1) is 0 Å². The smallest absolute Gasteiger partial charge is 0.336 e. The van der Waals surface area contributed by atoms with E-state index in [0.717, 1.165) is 5.56 Å². The molecule has 1 aromatic heterocycles. The van der Waals surface area contributed by atoms with E-state index in [1.165, 1.54) is 6.07 Å². The van der Waals surface area contributed by atoms with Gasteiger partial charge < -0.3 is 9.67 Å². The first-order valence-electron chi connectivity index (χ1n) is 8.85. The molecule has 0 saturated carbocycles. The molecule has 0 aliphatic rings. The van der Waals surface area contributed by atoms with Gasteiger partial charge in [0.1, 0.15) is 0 Å². The zero-order valence-electron chi connectivity index (χ0n) is 15.6. The number of aromatic nitrogens is 1. The minimum atomic E-state index is -1.08. The highest BCUT2D eigenvalue weighted by atomic mass is 35.5. The molecule has 1 N–H and O–H groups in total. The molecule has 0 fully saturated rings. The summed E-state index contributed by atoms with van der Waals surface area (Å²) in [6.45, 7) is 2.23. The molecule has 3 rings (SSSR count). The largest absolute Gasteiger partial charge is 0.478 e. The lowest BCUT2D eigenvalue weighted by Gasteiger charge is -2.07. The first kappa shape index (κ1) is 20.3. The van der Waals surface area contributed by atoms with Gasteiger partial charge in [0, 0.05) is 28.9 Å². The van der Waals surface area contributed by atoms with Crippen LogP contribution >= 0.6 is 11.6 Å². The standard InChI is InChI=1S/C23H18ClNO4/c1-15-4-6-18(7-5-15)22(27)21-11-16(14-26)13-25(21)10-2-3-17-8-9-19(24)12-20(17)23(28)29/h2-9,11-14H,10H2,1H3,(H,28,29).